The van der Waals surface area contributed by atoms with Gasteiger partial charge >= 0.3 is 0 Å². The highest BCUT2D eigenvalue weighted by molar-refractivity contribution is 6.01. The van der Waals surface area contributed by atoms with E-state index in [9.17, 15) is 10.1 Å². The summed E-state index contributed by atoms with van der Waals surface area (Å²) >= 11 is 0. The molecule has 0 fully saturated rings. The molecule has 4 aromatic rings. The first-order chi connectivity index (χ1) is 17.1. The molecule has 3 aromatic carbocycles. The first-order valence-corrected chi connectivity index (χ1v) is 11.4. The molecule has 0 aliphatic rings. The van der Waals surface area contributed by atoms with Gasteiger partial charge in [-0.05, 0) is 54.3 Å². The molecule has 1 amide bonds. The van der Waals surface area contributed by atoms with Crippen molar-refractivity contribution in [2.24, 2.45) is 0 Å². The van der Waals surface area contributed by atoms with E-state index in [1.54, 1.807) is 31.4 Å². The Balaban J connectivity index is 1.39. The number of hydrogen-bond acceptors (Lipinski definition) is 4. The number of hydrogen-bond donors (Lipinski definition) is 2. The molecule has 4 rings (SSSR count). The minimum Gasteiger partial charge on any atom is -0.493 e. The number of para-hydroxylation sites is 1. The second-order valence-corrected chi connectivity index (χ2v) is 8.22. The molecule has 0 radical (unpaired) electrons. The quantitative estimate of drug-likeness (QED) is 0.258. The van der Waals surface area contributed by atoms with Crippen molar-refractivity contribution in [2.45, 2.75) is 20.0 Å². The molecule has 0 saturated carbocycles. The number of fused-ring (bicyclic) bond motifs is 1. The van der Waals surface area contributed by atoms with Gasteiger partial charge in [-0.1, -0.05) is 54.1 Å². The van der Waals surface area contributed by atoms with Crippen LogP contribution in [-0.2, 0) is 17.8 Å². The number of rotatable bonds is 9. The van der Waals surface area contributed by atoms with Crippen molar-refractivity contribution in [3.05, 3.63) is 101 Å². The topological polar surface area (TPSA) is 87.1 Å². The lowest BCUT2D eigenvalue weighted by Crippen LogP contribution is -2.26. The molecule has 0 spiro atoms. The summed E-state index contributed by atoms with van der Waals surface area (Å²) in [5.41, 5.74) is 5.13. The average Bonchev–Trinajstić information content (AvgIpc) is 3.30. The molecule has 0 atom stereocenters. The molecular weight excluding hydrogens is 438 g/mol. The lowest BCUT2D eigenvalue weighted by atomic mass is 10.1. The Morgan fingerprint density at radius 3 is 2.66 bits per heavy atom. The van der Waals surface area contributed by atoms with Gasteiger partial charge in [0.1, 0.15) is 18.2 Å². The minimum absolute atomic E-state index is 0.0271. The first-order valence-electron chi connectivity index (χ1n) is 11.4. The van der Waals surface area contributed by atoms with Crippen LogP contribution in [0.15, 0.2) is 78.5 Å². The molecule has 1 heterocycles. The number of benzene rings is 3. The van der Waals surface area contributed by atoms with Gasteiger partial charge in [0.05, 0.1) is 7.11 Å². The van der Waals surface area contributed by atoms with E-state index >= 15 is 0 Å². The van der Waals surface area contributed by atoms with Gasteiger partial charge in [-0.2, -0.15) is 5.26 Å². The first kappa shape index (κ1) is 23.7. The lowest BCUT2D eigenvalue weighted by molar-refractivity contribution is -0.117. The van der Waals surface area contributed by atoms with Crippen molar-refractivity contribution in [1.29, 1.82) is 5.26 Å². The number of methoxy groups -OCH3 is 1. The van der Waals surface area contributed by atoms with Crippen LogP contribution >= 0.6 is 0 Å². The van der Waals surface area contributed by atoms with E-state index < -0.39 is 5.91 Å². The number of aromatic amines is 1. The Morgan fingerprint density at radius 2 is 1.89 bits per heavy atom. The van der Waals surface area contributed by atoms with Crippen LogP contribution in [0.25, 0.3) is 17.0 Å². The van der Waals surface area contributed by atoms with Crippen molar-refractivity contribution < 1.29 is 14.3 Å². The van der Waals surface area contributed by atoms with E-state index in [-0.39, 0.29) is 5.57 Å². The highest BCUT2D eigenvalue weighted by atomic mass is 16.5. The maximum atomic E-state index is 12.6. The molecule has 1 aromatic heterocycles. The number of aryl methyl sites for hydroxylation is 1. The van der Waals surface area contributed by atoms with Crippen LogP contribution in [0.2, 0.25) is 0 Å². The van der Waals surface area contributed by atoms with Gasteiger partial charge < -0.3 is 19.8 Å². The summed E-state index contributed by atoms with van der Waals surface area (Å²) in [6, 6.07) is 23.5. The normalized spacial score (nSPS) is 11.2. The molecule has 0 aliphatic heterocycles. The number of nitriles is 1. The standard InChI is InChI=1S/C29H27N3O3/c1-20-7-9-21(10-8-20)19-35-27-12-11-22(16-28(27)34-2)15-24(17-30)29(33)31-14-13-23-18-32-26-6-4-3-5-25(23)26/h3-12,15-16,18,32H,13-14,19H2,1-2H3,(H,31,33)/b24-15+. The number of carbonyl (C=O) groups is 1. The predicted octanol–water partition coefficient (Wildman–Crippen LogP) is 5.33. The van der Waals surface area contributed by atoms with Crippen LogP contribution < -0.4 is 14.8 Å². The van der Waals surface area contributed by atoms with Gasteiger partial charge in [-0.15, -0.1) is 0 Å². The smallest absolute Gasteiger partial charge is 0.261 e. The van der Waals surface area contributed by atoms with Gasteiger partial charge in [-0.25, -0.2) is 0 Å². The third kappa shape index (κ3) is 5.90. The summed E-state index contributed by atoms with van der Waals surface area (Å²) in [7, 11) is 1.56. The highest BCUT2D eigenvalue weighted by Gasteiger charge is 2.11. The maximum absolute atomic E-state index is 12.6. The fraction of sp³-hybridized carbons (Fsp3) is 0.172. The zero-order chi connectivity index (χ0) is 24.6. The predicted molar refractivity (Wildman–Crippen MR) is 137 cm³/mol. The fourth-order valence-corrected chi connectivity index (χ4v) is 3.80. The van der Waals surface area contributed by atoms with E-state index in [4.69, 9.17) is 9.47 Å². The van der Waals surface area contributed by atoms with Gasteiger partial charge in [0.25, 0.3) is 5.91 Å². The third-order valence-corrected chi connectivity index (χ3v) is 5.73. The molecule has 6 nitrogen and oxygen atoms in total. The fourth-order valence-electron chi connectivity index (χ4n) is 3.80. The summed E-state index contributed by atoms with van der Waals surface area (Å²) in [5.74, 6) is 0.709. The maximum Gasteiger partial charge on any atom is 0.261 e. The summed E-state index contributed by atoms with van der Waals surface area (Å²) in [6.45, 7) is 2.88. The van der Waals surface area contributed by atoms with Crippen molar-refractivity contribution in [3.8, 4) is 17.6 Å². The Kier molecular flexibility index (Phi) is 7.49. The Bertz CT molecular complexity index is 1390. The zero-order valence-electron chi connectivity index (χ0n) is 19.8. The molecular formula is C29H27N3O3. The van der Waals surface area contributed by atoms with Crippen LogP contribution in [0.4, 0.5) is 0 Å². The van der Waals surface area contributed by atoms with Crippen LogP contribution in [-0.4, -0.2) is 24.5 Å². The van der Waals surface area contributed by atoms with Crippen molar-refractivity contribution in [3.63, 3.8) is 0 Å². The number of aromatic nitrogens is 1. The number of amides is 1. The number of ether oxygens (including phenoxy) is 2. The van der Waals surface area contributed by atoms with E-state index in [1.165, 1.54) is 5.56 Å². The highest BCUT2D eigenvalue weighted by Crippen LogP contribution is 2.29. The molecule has 176 valence electrons. The molecule has 0 unspecified atom stereocenters. The molecule has 0 saturated heterocycles. The second-order valence-electron chi connectivity index (χ2n) is 8.22. The van der Waals surface area contributed by atoms with Gasteiger partial charge in [0.2, 0.25) is 0 Å². The number of nitrogens with one attached hydrogen (secondary N) is 2. The number of carbonyl (C=O) groups excluding carboxylic acids is 1. The summed E-state index contributed by atoms with van der Waals surface area (Å²) in [6.07, 6.45) is 4.16. The van der Waals surface area contributed by atoms with Crippen LogP contribution in [0, 0.1) is 18.3 Å². The van der Waals surface area contributed by atoms with E-state index in [2.05, 4.69) is 10.3 Å². The van der Waals surface area contributed by atoms with Crippen molar-refractivity contribution >= 4 is 22.9 Å². The molecule has 35 heavy (non-hydrogen) atoms. The Morgan fingerprint density at radius 1 is 1.09 bits per heavy atom. The molecule has 0 bridgehead atoms. The average molecular weight is 466 g/mol. The molecule has 6 heteroatoms. The van der Waals surface area contributed by atoms with Gasteiger partial charge in [0.15, 0.2) is 11.5 Å². The summed E-state index contributed by atoms with van der Waals surface area (Å²) in [4.78, 5) is 15.8. The summed E-state index contributed by atoms with van der Waals surface area (Å²) in [5, 5.41) is 13.5. The zero-order valence-corrected chi connectivity index (χ0v) is 19.8. The number of nitrogens with zero attached hydrogens (tertiary/aromatic N) is 1. The molecule has 2 N–H and O–H groups in total. The minimum atomic E-state index is -0.411. The summed E-state index contributed by atoms with van der Waals surface area (Å²) < 4.78 is 11.4. The van der Waals surface area contributed by atoms with Crippen LogP contribution in [0.5, 0.6) is 11.5 Å². The SMILES string of the molecule is COc1cc(/C=C(\C#N)C(=O)NCCc2c[nH]c3ccccc23)ccc1OCc1ccc(C)cc1. The largest absolute Gasteiger partial charge is 0.493 e. The lowest BCUT2D eigenvalue weighted by Gasteiger charge is -2.12. The Hall–Kier alpha value is -4.50. The second kappa shape index (κ2) is 11.1. The number of H-pyrrole nitrogens is 1. The van der Waals surface area contributed by atoms with Gasteiger partial charge in [0, 0.05) is 23.6 Å². The van der Waals surface area contributed by atoms with E-state index in [1.807, 2.05) is 67.7 Å². The van der Waals surface area contributed by atoms with Crippen LogP contribution in [0.1, 0.15) is 22.3 Å². The van der Waals surface area contributed by atoms with E-state index in [0.29, 0.717) is 36.6 Å². The Labute approximate surface area is 204 Å². The van der Waals surface area contributed by atoms with E-state index in [0.717, 1.165) is 22.0 Å². The van der Waals surface area contributed by atoms with Gasteiger partial charge in [-0.3, -0.25) is 4.79 Å². The molecule has 0 aliphatic carbocycles. The van der Waals surface area contributed by atoms with Crippen molar-refractivity contribution in [1.82, 2.24) is 10.3 Å². The third-order valence-electron chi connectivity index (χ3n) is 5.73. The van der Waals surface area contributed by atoms with Crippen molar-refractivity contribution in [2.75, 3.05) is 13.7 Å². The van der Waals surface area contributed by atoms with Crippen LogP contribution in [0.3, 0.4) is 0 Å². The monoisotopic (exact) mass is 465 g/mol.